The van der Waals surface area contributed by atoms with Gasteiger partial charge in [0.1, 0.15) is 11.6 Å². The second-order valence-electron chi connectivity index (χ2n) is 11.9. The van der Waals surface area contributed by atoms with Gasteiger partial charge in [0.05, 0.1) is 12.1 Å². The monoisotopic (exact) mass is 498 g/mol. The zero-order valence-electron chi connectivity index (χ0n) is 21.5. The fourth-order valence-electron chi connectivity index (χ4n) is 6.31. The Kier molecular flexibility index (Phi) is 6.72. The Hall–Kier alpha value is -2.65. The molecule has 0 spiro atoms. The van der Waals surface area contributed by atoms with Gasteiger partial charge >= 0.3 is 6.09 Å². The molecule has 4 fully saturated rings. The molecule has 9 nitrogen and oxygen atoms in total. The van der Waals surface area contributed by atoms with Crippen molar-refractivity contribution in [1.29, 1.82) is 0 Å². The third-order valence-electron chi connectivity index (χ3n) is 8.02. The van der Waals surface area contributed by atoms with Crippen LogP contribution >= 0.6 is 0 Å². The molecule has 3 aliphatic heterocycles. The number of carbonyl (C=O) groups excluding carboxylic acids is 3. The summed E-state index contributed by atoms with van der Waals surface area (Å²) in [6.07, 6.45) is 3.32. The minimum absolute atomic E-state index is 0.00817. The zero-order chi connectivity index (χ0) is 25.5. The third-order valence-corrected chi connectivity index (χ3v) is 8.02. The van der Waals surface area contributed by atoms with Crippen LogP contribution in [0.5, 0.6) is 0 Å². The van der Waals surface area contributed by atoms with Crippen molar-refractivity contribution in [2.45, 2.75) is 82.7 Å². The second-order valence-corrected chi connectivity index (χ2v) is 11.9. The van der Waals surface area contributed by atoms with Crippen LogP contribution in [0.25, 0.3) is 0 Å². The Balaban J connectivity index is 1.15. The summed E-state index contributed by atoms with van der Waals surface area (Å²) in [5.74, 6) is 0.346. The van der Waals surface area contributed by atoms with E-state index in [9.17, 15) is 14.4 Å². The summed E-state index contributed by atoms with van der Waals surface area (Å²) in [6.45, 7) is 7.70. The maximum absolute atomic E-state index is 13.4. The summed E-state index contributed by atoms with van der Waals surface area (Å²) in [5, 5.41) is 3.28. The lowest BCUT2D eigenvalue weighted by Gasteiger charge is -2.41. The van der Waals surface area contributed by atoms with E-state index in [1.54, 1.807) is 9.80 Å². The Bertz CT molecular complexity index is 982. The molecule has 1 aromatic rings. The van der Waals surface area contributed by atoms with Crippen molar-refractivity contribution in [1.82, 2.24) is 20.6 Å². The van der Waals surface area contributed by atoms with Gasteiger partial charge in [0.2, 0.25) is 11.8 Å². The summed E-state index contributed by atoms with van der Waals surface area (Å²) in [4.78, 5) is 48.1. The minimum Gasteiger partial charge on any atom is -0.444 e. The Morgan fingerprint density at radius 3 is 2.44 bits per heavy atom. The van der Waals surface area contributed by atoms with Gasteiger partial charge < -0.3 is 19.9 Å². The molecule has 36 heavy (non-hydrogen) atoms. The summed E-state index contributed by atoms with van der Waals surface area (Å²) < 4.78 is 5.56. The number of carbonyl (C=O) groups is 3. The molecule has 0 radical (unpaired) electrons. The average molecular weight is 499 g/mol. The highest BCUT2D eigenvalue weighted by Gasteiger charge is 2.53. The molecular formula is C27H38N4O5. The molecule has 4 atom stereocenters. The van der Waals surface area contributed by atoms with Crippen LogP contribution in [0.15, 0.2) is 30.3 Å². The van der Waals surface area contributed by atoms with E-state index in [-0.39, 0.29) is 35.8 Å². The first-order chi connectivity index (χ1) is 17.1. The summed E-state index contributed by atoms with van der Waals surface area (Å²) in [7, 11) is 0. The van der Waals surface area contributed by atoms with Crippen molar-refractivity contribution in [2.24, 2.45) is 11.8 Å². The van der Waals surface area contributed by atoms with Crippen LogP contribution in [-0.4, -0.2) is 70.6 Å². The van der Waals surface area contributed by atoms with Crippen molar-refractivity contribution >= 4 is 17.9 Å². The molecule has 1 saturated carbocycles. The van der Waals surface area contributed by atoms with E-state index in [0.717, 1.165) is 18.4 Å². The first kappa shape index (κ1) is 25.0. The van der Waals surface area contributed by atoms with Crippen molar-refractivity contribution in [3.05, 3.63) is 35.9 Å². The number of nitrogens with one attached hydrogen (secondary N) is 2. The highest BCUT2D eigenvalue weighted by molar-refractivity contribution is 5.90. The first-order valence-corrected chi connectivity index (χ1v) is 13.1. The van der Waals surface area contributed by atoms with Crippen molar-refractivity contribution < 1.29 is 24.0 Å². The molecule has 4 aliphatic rings. The number of ether oxygens (including phenoxy) is 1. The molecule has 4 bridgehead atoms. The van der Waals surface area contributed by atoms with Gasteiger partial charge in [-0.15, -0.1) is 0 Å². The number of likely N-dealkylation sites (tertiary alicyclic amines) is 1. The van der Waals surface area contributed by atoms with E-state index in [4.69, 9.17) is 9.57 Å². The van der Waals surface area contributed by atoms with Gasteiger partial charge in [-0.25, -0.2) is 4.79 Å². The average Bonchev–Trinajstić information content (AvgIpc) is 3.19. The van der Waals surface area contributed by atoms with E-state index in [2.05, 4.69) is 10.8 Å². The second kappa shape index (κ2) is 9.67. The number of piperidine rings is 2. The third kappa shape index (κ3) is 5.22. The number of hydroxylamine groups is 1. The quantitative estimate of drug-likeness (QED) is 0.585. The predicted octanol–water partition coefficient (Wildman–Crippen LogP) is 2.60. The Morgan fingerprint density at radius 1 is 1.08 bits per heavy atom. The maximum atomic E-state index is 13.4. The number of amides is 3. The lowest BCUT2D eigenvalue weighted by molar-refractivity contribution is -0.139. The van der Waals surface area contributed by atoms with Crippen molar-refractivity contribution in [3.8, 4) is 0 Å². The number of fused-ring (bicyclic) bond motifs is 4. The van der Waals surface area contributed by atoms with Gasteiger partial charge in [-0.1, -0.05) is 30.3 Å². The number of hydrogen-bond acceptors (Lipinski definition) is 6. The molecule has 3 heterocycles. The molecular weight excluding hydrogens is 460 g/mol. The maximum Gasteiger partial charge on any atom is 0.410 e. The predicted molar refractivity (Wildman–Crippen MR) is 132 cm³/mol. The highest BCUT2D eigenvalue weighted by Crippen LogP contribution is 2.39. The van der Waals surface area contributed by atoms with Crippen molar-refractivity contribution in [3.63, 3.8) is 0 Å². The molecule has 0 aromatic heterocycles. The van der Waals surface area contributed by atoms with Crippen LogP contribution in [-0.2, 0) is 25.8 Å². The molecule has 1 aromatic carbocycles. The van der Waals surface area contributed by atoms with E-state index < -0.39 is 17.2 Å². The topological polar surface area (TPSA) is 100 Å². The molecule has 5 rings (SSSR count). The van der Waals surface area contributed by atoms with Crippen LogP contribution in [0.3, 0.4) is 0 Å². The molecule has 2 N–H and O–H groups in total. The van der Waals surface area contributed by atoms with Gasteiger partial charge in [0.25, 0.3) is 0 Å². The number of rotatable bonds is 6. The summed E-state index contributed by atoms with van der Waals surface area (Å²) in [6, 6.07) is 9.48. The van der Waals surface area contributed by atoms with Crippen molar-refractivity contribution in [2.75, 3.05) is 19.6 Å². The van der Waals surface area contributed by atoms with Gasteiger partial charge in [0, 0.05) is 32.1 Å². The van der Waals surface area contributed by atoms with Gasteiger partial charge in [-0.3, -0.25) is 14.4 Å². The van der Waals surface area contributed by atoms with Crippen LogP contribution in [0, 0.1) is 11.8 Å². The van der Waals surface area contributed by atoms with E-state index >= 15 is 0 Å². The molecule has 3 unspecified atom stereocenters. The number of nitrogens with zero attached hydrogens (tertiary/aromatic N) is 2. The van der Waals surface area contributed by atoms with E-state index in [0.29, 0.717) is 45.5 Å². The fraction of sp³-hybridized carbons (Fsp3) is 0.667. The standard InChI is InChI=1S/C27H38N4O5/c1-26(2,3)36-25(34)30-14-19-9-10-20(15-30)23(19)28-24(33)21-11-12-27(13-22(32)31(21)17-27)29-35-16-18-7-5-4-6-8-18/h4-8,19-21,23,29H,9-17H2,1-3H3,(H,28,33)/t19?,20?,21-,23?,27?/m0/s1. The zero-order valence-corrected chi connectivity index (χ0v) is 21.5. The van der Waals surface area contributed by atoms with Gasteiger partial charge in [0.15, 0.2) is 0 Å². The van der Waals surface area contributed by atoms with Crippen LogP contribution < -0.4 is 10.8 Å². The normalized spacial score (nSPS) is 31.5. The Morgan fingerprint density at radius 2 is 1.78 bits per heavy atom. The number of benzene rings is 1. The number of hydrogen-bond donors (Lipinski definition) is 2. The SMILES string of the molecule is CC(C)(C)OC(=O)N1CC2CCC(C1)C2NC(=O)[C@@H]1CCC2(NOCc3ccccc3)CC(=O)N1C2. The Labute approximate surface area is 212 Å². The highest BCUT2D eigenvalue weighted by atomic mass is 16.6. The summed E-state index contributed by atoms with van der Waals surface area (Å²) in [5.41, 5.74) is 3.25. The fourth-order valence-corrected chi connectivity index (χ4v) is 6.31. The lowest BCUT2D eigenvalue weighted by atomic mass is 9.87. The lowest BCUT2D eigenvalue weighted by Crippen LogP contribution is -2.60. The van der Waals surface area contributed by atoms with Gasteiger partial charge in [-0.2, -0.15) is 5.48 Å². The molecule has 3 saturated heterocycles. The van der Waals surface area contributed by atoms with Gasteiger partial charge in [-0.05, 0) is 63.9 Å². The van der Waals surface area contributed by atoms with E-state index in [1.165, 1.54) is 0 Å². The van der Waals surface area contributed by atoms with E-state index in [1.807, 2.05) is 51.1 Å². The largest absolute Gasteiger partial charge is 0.444 e. The van der Waals surface area contributed by atoms with Crippen LogP contribution in [0.4, 0.5) is 4.79 Å². The first-order valence-electron chi connectivity index (χ1n) is 13.1. The molecule has 1 aliphatic carbocycles. The van der Waals surface area contributed by atoms with Crippen LogP contribution in [0.2, 0.25) is 0 Å². The molecule has 9 heteroatoms. The minimum atomic E-state index is -0.527. The molecule has 3 amide bonds. The summed E-state index contributed by atoms with van der Waals surface area (Å²) >= 11 is 0. The molecule has 196 valence electrons. The van der Waals surface area contributed by atoms with Crippen LogP contribution in [0.1, 0.15) is 58.4 Å². The smallest absolute Gasteiger partial charge is 0.410 e.